The molecule has 4 aromatic rings. The van der Waals surface area contributed by atoms with Crippen LogP contribution < -0.4 is 26.4 Å². The molecule has 1 aliphatic carbocycles. The molecule has 1 amide bonds. The summed E-state index contributed by atoms with van der Waals surface area (Å²) in [5.41, 5.74) is 2.68. The van der Waals surface area contributed by atoms with E-state index in [-0.39, 0.29) is 22.9 Å². The van der Waals surface area contributed by atoms with Gasteiger partial charge in [0, 0.05) is 42.5 Å². The van der Waals surface area contributed by atoms with Crippen molar-refractivity contribution in [2.24, 2.45) is 5.92 Å². The van der Waals surface area contributed by atoms with Crippen molar-refractivity contribution >= 4 is 39.7 Å². The number of likely N-dealkylation sites (N-methyl/N-ethyl adjacent to an activating group) is 1. The molecular formula is C32H36FN7O2. The minimum atomic E-state index is -0.511. The van der Waals surface area contributed by atoms with Crippen molar-refractivity contribution in [1.82, 2.24) is 20.3 Å². The van der Waals surface area contributed by atoms with Crippen LogP contribution in [0.2, 0.25) is 0 Å². The molecule has 2 fully saturated rings. The smallest absolute Gasteiger partial charge is 0.259 e. The number of fused-ring (bicyclic) bond motifs is 1. The third kappa shape index (κ3) is 5.99. The predicted octanol–water partition coefficient (Wildman–Crippen LogP) is 5.57. The molecule has 0 bridgehead atoms. The SMILES string of the molecule is CN[C@@H]1CCCN(c2ccc(Nc3cc(-c4ccc(NC(=O)C5CCCCC5)cc4F)nc4cc[nH]c(=O)c34)nc2)C1. The largest absolute Gasteiger partial charge is 0.369 e. The van der Waals surface area contributed by atoms with Crippen molar-refractivity contribution in [3.05, 3.63) is 71.0 Å². The predicted molar refractivity (Wildman–Crippen MR) is 165 cm³/mol. The lowest BCUT2D eigenvalue weighted by Crippen LogP contribution is -2.44. The number of anilines is 4. The molecule has 218 valence electrons. The van der Waals surface area contributed by atoms with E-state index in [0.29, 0.717) is 39.8 Å². The normalized spacial score (nSPS) is 17.8. The first-order chi connectivity index (χ1) is 20.5. The molecule has 4 heterocycles. The van der Waals surface area contributed by atoms with Crippen molar-refractivity contribution in [2.45, 2.75) is 51.0 Å². The van der Waals surface area contributed by atoms with E-state index in [0.717, 1.165) is 63.7 Å². The van der Waals surface area contributed by atoms with Gasteiger partial charge in [0.1, 0.15) is 11.6 Å². The molecule has 0 radical (unpaired) electrons. The third-order valence-electron chi connectivity index (χ3n) is 8.42. The van der Waals surface area contributed by atoms with E-state index in [1.165, 1.54) is 12.3 Å². The van der Waals surface area contributed by atoms with Gasteiger partial charge in [-0.2, -0.15) is 0 Å². The second-order valence-corrected chi connectivity index (χ2v) is 11.2. The summed E-state index contributed by atoms with van der Waals surface area (Å²) in [6.07, 6.45) is 10.6. The molecule has 1 saturated carbocycles. The van der Waals surface area contributed by atoms with Gasteiger partial charge in [0.25, 0.3) is 5.56 Å². The Morgan fingerprint density at radius 3 is 2.67 bits per heavy atom. The molecule has 2 aliphatic rings. The van der Waals surface area contributed by atoms with Gasteiger partial charge in [-0.15, -0.1) is 0 Å². The van der Waals surface area contributed by atoms with E-state index in [4.69, 9.17) is 0 Å². The van der Waals surface area contributed by atoms with Crippen molar-refractivity contribution in [3.8, 4) is 11.3 Å². The van der Waals surface area contributed by atoms with Crippen LogP contribution in [0.25, 0.3) is 22.2 Å². The summed E-state index contributed by atoms with van der Waals surface area (Å²) < 4.78 is 15.4. The van der Waals surface area contributed by atoms with Crippen molar-refractivity contribution < 1.29 is 9.18 Å². The van der Waals surface area contributed by atoms with Crippen LogP contribution in [0.5, 0.6) is 0 Å². The highest BCUT2D eigenvalue weighted by molar-refractivity contribution is 5.95. The monoisotopic (exact) mass is 569 g/mol. The Morgan fingerprint density at radius 2 is 1.90 bits per heavy atom. The minimum absolute atomic E-state index is 0.0249. The van der Waals surface area contributed by atoms with E-state index in [1.54, 1.807) is 24.3 Å². The number of pyridine rings is 3. The first-order valence-corrected chi connectivity index (χ1v) is 14.8. The minimum Gasteiger partial charge on any atom is -0.369 e. The van der Waals surface area contributed by atoms with E-state index in [1.807, 2.05) is 25.4 Å². The number of nitrogens with one attached hydrogen (secondary N) is 4. The van der Waals surface area contributed by atoms with Crippen LogP contribution in [0.1, 0.15) is 44.9 Å². The molecule has 0 spiro atoms. The first kappa shape index (κ1) is 27.8. The highest BCUT2D eigenvalue weighted by Gasteiger charge is 2.22. The Kier molecular flexibility index (Phi) is 8.14. The summed E-state index contributed by atoms with van der Waals surface area (Å²) in [5, 5.41) is 9.85. The molecule has 10 heteroatoms. The van der Waals surface area contributed by atoms with Gasteiger partial charge in [-0.1, -0.05) is 19.3 Å². The maximum atomic E-state index is 15.4. The zero-order chi connectivity index (χ0) is 29.1. The fourth-order valence-electron chi connectivity index (χ4n) is 6.07. The number of halogens is 1. The van der Waals surface area contributed by atoms with Gasteiger partial charge >= 0.3 is 0 Å². The van der Waals surface area contributed by atoms with Crippen LogP contribution in [0.4, 0.5) is 27.3 Å². The summed E-state index contributed by atoms with van der Waals surface area (Å²) in [4.78, 5) is 39.7. The van der Waals surface area contributed by atoms with Crippen molar-refractivity contribution in [2.75, 3.05) is 35.7 Å². The molecule has 1 saturated heterocycles. The molecule has 9 nitrogen and oxygen atoms in total. The van der Waals surface area contributed by atoms with Crippen LogP contribution >= 0.6 is 0 Å². The average molecular weight is 570 g/mol. The number of hydrogen-bond acceptors (Lipinski definition) is 7. The number of carbonyl (C=O) groups excluding carboxylic acids is 1. The molecule has 3 aromatic heterocycles. The van der Waals surface area contributed by atoms with Crippen LogP contribution in [0.3, 0.4) is 0 Å². The Bertz CT molecular complexity index is 1630. The van der Waals surface area contributed by atoms with Crippen LogP contribution in [-0.4, -0.2) is 47.0 Å². The van der Waals surface area contributed by atoms with Gasteiger partial charge in [-0.05, 0) is 75.2 Å². The summed E-state index contributed by atoms with van der Waals surface area (Å²) in [7, 11) is 1.99. The summed E-state index contributed by atoms with van der Waals surface area (Å²) in [5.74, 6) is -0.0351. The second kappa shape index (κ2) is 12.3. The molecule has 0 unspecified atom stereocenters. The molecular weight excluding hydrogens is 533 g/mol. The summed E-state index contributed by atoms with van der Waals surface area (Å²) in [6.45, 7) is 1.91. The summed E-state index contributed by atoms with van der Waals surface area (Å²) >= 11 is 0. The van der Waals surface area contributed by atoms with Crippen molar-refractivity contribution in [3.63, 3.8) is 0 Å². The van der Waals surface area contributed by atoms with Gasteiger partial charge in [0.05, 0.1) is 34.2 Å². The molecule has 1 aliphatic heterocycles. The lowest BCUT2D eigenvalue weighted by molar-refractivity contribution is -0.120. The number of aromatic amines is 1. The highest BCUT2D eigenvalue weighted by atomic mass is 19.1. The van der Waals surface area contributed by atoms with Gasteiger partial charge in [0.2, 0.25) is 5.91 Å². The van der Waals surface area contributed by atoms with Crippen molar-refractivity contribution in [1.29, 1.82) is 0 Å². The lowest BCUT2D eigenvalue weighted by Gasteiger charge is -2.34. The van der Waals surface area contributed by atoms with E-state index >= 15 is 4.39 Å². The van der Waals surface area contributed by atoms with Crippen LogP contribution in [0.15, 0.2) is 59.7 Å². The van der Waals surface area contributed by atoms with Gasteiger partial charge in [-0.25, -0.2) is 14.4 Å². The number of benzene rings is 1. The molecule has 1 aromatic carbocycles. The number of H-pyrrole nitrogens is 1. The van der Waals surface area contributed by atoms with E-state index in [2.05, 4.69) is 35.8 Å². The first-order valence-electron chi connectivity index (χ1n) is 14.8. The lowest BCUT2D eigenvalue weighted by atomic mass is 9.88. The van der Waals surface area contributed by atoms with Crippen LogP contribution in [-0.2, 0) is 4.79 Å². The zero-order valence-electron chi connectivity index (χ0n) is 23.8. The Morgan fingerprint density at radius 1 is 1.05 bits per heavy atom. The standard InChI is InChI=1S/C32H36FN7O2/c1-34-22-8-5-15-40(19-22)23-10-12-29(36-18-23)39-28-17-27(38-26-13-14-35-32(42)30(26)28)24-11-9-21(16-25(24)33)37-31(41)20-6-3-2-4-7-20/h9-14,16-18,20,22,34H,2-8,15,19H2,1H3,(H,35,42)(H,37,41)(H,36,38,39)/t22-/m1/s1. The number of hydrogen-bond donors (Lipinski definition) is 4. The van der Waals surface area contributed by atoms with E-state index in [9.17, 15) is 9.59 Å². The molecule has 6 rings (SSSR count). The maximum Gasteiger partial charge on any atom is 0.259 e. The van der Waals surface area contributed by atoms with E-state index < -0.39 is 5.82 Å². The zero-order valence-corrected chi connectivity index (χ0v) is 23.8. The maximum absolute atomic E-state index is 15.4. The molecule has 4 N–H and O–H groups in total. The number of aromatic nitrogens is 3. The Labute approximate surface area is 244 Å². The highest BCUT2D eigenvalue weighted by Crippen LogP contribution is 2.32. The molecule has 1 atom stereocenters. The average Bonchev–Trinajstić information content (AvgIpc) is 3.02. The van der Waals surface area contributed by atoms with Gasteiger partial charge in [-0.3, -0.25) is 9.59 Å². The third-order valence-corrected chi connectivity index (χ3v) is 8.42. The Balaban J connectivity index is 1.26. The topological polar surface area (TPSA) is 115 Å². The molecule has 42 heavy (non-hydrogen) atoms. The number of rotatable bonds is 7. The quantitative estimate of drug-likeness (QED) is 0.230. The fourth-order valence-corrected chi connectivity index (χ4v) is 6.07. The number of amides is 1. The number of carbonyl (C=O) groups is 1. The number of nitrogens with zero attached hydrogens (tertiary/aromatic N) is 3. The van der Waals surface area contributed by atoms with Gasteiger partial charge < -0.3 is 25.8 Å². The van der Waals surface area contributed by atoms with Crippen LogP contribution in [0, 0.1) is 11.7 Å². The second-order valence-electron chi connectivity index (χ2n) is 11.2. The van der Waals surface area contributed by atoms with Gasteiger partial charge in [0.15, 0.2) is 0 Å². The summed E-state index contributed by atoms with van der Waals surface area (Å²) in [6, 6.07) is 12.3. The Hall–Kier alpha value is -4.31. The fraction of sp³-hybridized carbons (Fsp3) is 0.375. The number of piperidine rings is 1.